The third-order valence-corrected chi connectivity index (χ3v) is 5.64. The van der Waals surface area contributed by atoms with Crippen molar-refractivity contribution in [1.29, 1.82) is 0 Å². The summed E-state index contributed by atoms with van der Waals surface area (Å²) in [4.78, 5) is 12.6. The molecule has 152 valence electrons. The molecule has 9 heteroatoms. The van der Waals surface area contributed by atoms with Crippen molar-refractivity contribution >= 4 is 33.2 Å². The van der Waals surface area contributed by atoms with Crippen LogP contribution >= 0.6 is 11.6 Å². The molecule has 0 saturated heterocycles. The number of methoxy groups -OCH3 is 2. The smallest absolute Gasteiger partial charge is 0.243 e. The van der Waals surface area contributed by atoms with Gasteiger partial charge < -0.3 is 14.8 Å². The van der Waals surface area contributed by atoms with E-state index < -0.39 is 22.0 Å². The normalized spacial score (nSPS) is 12.2. The second kappa shape index (κ2) is 9.16. The van der Waals surface area contributed by atoms with Gasteiger partial charge in [0.1, 0.15) is 17.5 Å². The number of rotatable bonds is 8. The minimum absolute atomic E-state index is 0.250. The maximum absolute atomic E-state index is 12.6. The fraction of sp³-hybridized carbons (Fsp3) is 0.316. The Morgan fingerprint density at radius 1 is 1.14 bits per heavy atom. The first kappa shape index (κ1) is 21.8. The fourth-order valence-corrected chi connectivity index (χ4v) is 4.10. The fourth-order valence-electron chi connectivity index (χ4n) is 2.68. The number of amides is 1. The number of benzene rings is 2. The molecular formula is C19H23ClN2O5S. The van der Waals surface area contributed by atoms with Crippen LogP contribution in [0, 0.1) is 0 Å². The van der Waals surface area contributed by atoms with Crippen LogP contribution in [0.15, 0.2) is 42.5 Å². The van der Waals surface area contributed by atoms with Gasteiger partial charge in [0, 0.05) is 6.54 Å². The molecule has 0 saturated carbocycles. The van der Waals surface area contributed by atoms with Crippen molar-refractivity contribution in [1.82, 2.24) is 5.32 Å². The van der Waals surface area contributed by atoms with Gasteiger partial charge in [-0.1, -0.05) is 23.7 Å². The number of nitrogens with one attached hydrogen (secondary N) is 1. The molecule has 2 aromatic carbocycles. The molecule has 0 bridgehead atoms. The van der Waals surface area contributed by atoms with Gasteiger partial charge >= 0.3 is 0 Å². The van der Waals surface area contributed by atoms with E-state index in [0.717, 1.165) is 16.1 Å². The zero-order valence-electron chi connectivity index (χ0n) is 16.1. The summed E-state index contributed by atoms with van der Waals surface area (Å²) in [6.45, 7) is 1.77. The van der Waals surface area contributed by atoms with Gasteiger partial charge in [0.05, 0.1) is 31.2 Å². The molecule has 0 radical (unpaired) electrons. The SMILES string of the molecule is COc1ccc(CNC(=O)C(C)N(c2ccc(OC)c(Cl)c2)S(C)(=O)=O)cc1. The third kappa shape index (κ3) is 5.30. The van der Waals surface area contributed by atoms with Crippen LogP contribution in [0.5, 0.6) is 11.5 Å². The number of carbonyl (C=O) groups is 1. The van der Waals surface area contributed by atoms with Gasteiger partial charge in [-0.05, 0) is 42.8 Å². The molecular weight excluding hydrogens is 404 g/mol. The molecule has 1 N–H and O–H groups in total. The summed E-state index contributed by atoms with van der Waals surface area (Å²) in [6.07, 6.45) is 1.04. The maximum atomic E-state index is 12.6. The predicted molar refractivity (Wildman–Crippen MR) is 110 cm³/mol. The summed E-state index contributed by atoms with van der Waals surface area (Å²) < 4.78 is 35.9. The highest BCUT2D eigenvalue weighted by molar-refractivity contribution is 7.92. The van der Waals surface area contributed by atoms with E-state index in [2.05, 4.69) is 5.32 Å². The van der Waals surface area contributed by atoms with Gasteiger partial charge in [-0.25, -0.2) is 8.42 Å². The molecule has 0 aliphatic carbocycles. The molecule has 0 aliphatic rings. The van der Waals surface area contributed by atoms with Gasteiger partial charge in [-0.15, -0.1) is 0 Å². The third-order valence-electron chi connectivity index (χ3n) is 4.10. The average molecular weight is 427 g/mol. The number of anilines is 1. The van der Waals surface area contributed by atoms with Crippen molar-refractivity contribution in [3.8, 4) is 11.5 Å². The Kier molecular flexibility index (Phi) is 7.15. The monoisotopic (exact) mass is 426 g/mol. The van der Waals surface area contributed by atoms with Gasteiger partial charge in [0.25, 0.3) is 0 Å². The standard InChI is InChI=1S/C19H23ClN2O5S/c1-13(19(23)21-12-14-5-8-16(26-2)9-6-14)22(28(4,24)25)15-7-10-18(27-3)17(20)11-15/h5-11,13H,12H2,1-4H3,(H,21,23). The molecule has 0 heterocycles. The van der Waals surface area contributed by atoms with Crippen LogP contribution in [-0.2, 0) is 21.4 Å². The van der Waals surface area contributed by atoms with Crippen molar-refractivity contribution in [3.63, 3.8) is 0 Å². The lowest BCUT2D eigenvalue weighted by Crippen LogP contribution is -2.47. The summed E-state index contributed by atoms with van der Waals surface area (Å²) >= 11 is 6.12. The zero-order chi connectivity index (χ0) is 20.9. The maximum Gasteiger partial charge on any atom is 0.243 e. The lowest BCUT2D eigenvalue weighted by atomic mass is 10.2. The molecule has 1 amide bonds. The Morgan fingerprint density at radius 3 is 2.29 bits per heavy atom. The molecule has 1 atom stereocenters. The largest absolute Gasteiger partial charge is 0.497 e. The number of hydrogen-bond acceptors (Lipinski definition) is 5. The highest BCUT2D eigenvalue weighted by atomic mass is 35.5. The van der Waals surface area contributed by atoms with E-state index in [9.17, 15) is 13.2 Å². The van der Waals surface area contributed by atoms with E-state index in [1.165, 1.54) is 20.1 Å². The Labute approximate surface area is 170 Å². The molecule has 7 nitrogen and oxygen atoms in total. The molecule has 2 rings (SSSR count). The van der Waals surface area contributed by atoms with Gasteiger partial charge in [-0.2, -0.15) is 0 Å². The molecule has 0 fully saturated rings. The number of ether oxygens (including phenoxy) is 2. The Hall–Kier alpha value is -2.45. The molecule has 0 aliphatic heterocycles. The van der Waals surface area contributed by atoms with Crippen molar-refractivity contribution in [2.24, 2.45) is 0 Å². The number of halogens is 1. The van der Waals surface area contributed by atoms with E-state index in [1.807, 2.05) is 12.1 Å². The predicted octanol–water partition coefficient (Wildman–Crippen LogP) is 2.83. The highest BCUT2D eigenvalue weighted by Crippen LogP contribution is 2.31. The summed E-state index contributed by atoms with van der Waals surface area (Å²) in [5.74, 6) is 0.687. The first-order valence-corrected chi connectivity index (χ1v) is 10.6. The van der Waals surface area contributed by atoms with E-state index in [-0.39, 0.29) is 17.3 Å². The van der Waals surface area contributed by atoms with Crippen molar-refractivity contribution in [3.05, 3.63) is 53.1 Å². The quantitative estimate of drug-likeness (QED) is 0.701. The number of carbonyl (C=O) groups excluding carboxylic acids is 1. The Bertz CT molecular complexity index is 932. The van der Waals surface area contributed by atoms with Crippen LogP contribution in [0.4, 0.5) is 5.69 Å². The first-order valence-electron chi connectivity index (χ1n) is 8.41. The molecule has 0 aromatic heterocycles. The summed E-state index contributed by atoms with van der Waals surface area (Å²) in [5, 5.41) is 3.00. The second-order valence-electron chi connectivity index (χ2n) is 6.12. The van der Waals surface area contributed by atoms with Crippen LogP contribution in [0.3, 0.4) is 0 Å². The van der Waals surface area contributed by atoms with Gasteiger partial charge in [0.2, 0.25) is 15.9 Å². The van der Waals surface area contributed by atoms with Crippen LogP contribution in [0.2, 0.25) is 5.02 Å². The van der Waals surface area contributed by atoms with E-state index >= 15 is 0 Å². The molecule has 1 unspecified atom stereocenters. The van der Waals surface area contributed by atoms with Crippen LogP contribution in [-0.4, -0.2) is 40.8 Å². The Balaban J connectivity index is 2.18. The van der Waals surface area contributed by atoms with Crippen molar-refractivity contribution in [2.45, 2.75) is 19.5 Å². The number of hydrogen-bond donors (Lipinski definition) is 1. The summed E-state index contributed by atoms with van der Waals surface area (Å²) in [7, 11) is -0.698. The van der Waals surface area contributed by atoms with E-state index in [4.69, 9.17) is 21.1 Å². The number of sulfonamides is 1. The van der Waals surface area contributed by atoms with Crippen LogP contribution in [0.1, 0.15) is 12.5 Å². The summed E-state index contributed by atoms with van der Waals surface area (Å²) in [6, 6.07) is 10.8. The van der Waals surface area contributed by atoms with E-state index in [1.54, 1.807) is 31.4 Å². The molecule has 28 heavy (non-hydrogen) atoms. The van der Waals surface area contributed by atoms with Crippen molar-refractivity contribution < 1.29 is 22.7 Å². The molecule has 2 aromatic rings. The highest BCUT2D eigenvalue weighted by Gasteiger charge is 2.29. The van der Waals surface area contributed by atoms with Crippen molar-refractivity contribution in [2.75, 3.05) is 24.8 Å². The van der Waals surface area contributed by atoms with Crippen LogP contribution in [0.25, 0.3) is 0 Å². The lowest BCUT2D eigenvalue weighted by Gasteiger charge is -2.28. The molecule has 0 spiro atoms. The second-order valence-corrected chi connectivity index (χ2v) is 8.39. The number of nitrogens with zero attached hydrogens (tertiary/aromatic N) is 1. The minimum atomic E-state index is -3.73. The van der Waals surface area contributed by atoms with Gasteiger partial charge in [0.15, 0.2) is 0 Å². The topological polar surface area (TPSA) is 84.9 Å². The average Bonchev–Trinajstić information content (AvgIpc) is 2.65. The zero-order valence-corrected chi connectivity index (χ0v) is 17.7. The summed E-state index contributed by atoms with van der Waals surface area (Å²) in [5.41, 5.74) is 1.14. The van der Waals surface area contributed by atoms with E-state index in [0.29, 0.717) is 11.5 Å². The Morgan fingerprint density at radius 2 is 1.79 bits per heavy atom. The van der Waals surface area contributed by atoms with Crippen LogP contribution < -0.4 is 19.1 Å². The first-order chi connectivity index (χ1) is 13.2. The lowest BCUT2D eigenvalue weighted by molar-refractivity contribution is -0.122. The minimum Gasteiger partial charge on any atom is -0.497 e. The van der Waals surface area contributed by atoms with Gasteiger partial charge in [-0.3, -0.25) is 9.10 Å².